The van der Waals surface area contributed by atoms with Gasteiger partial charge in [0, 0.05) is 39.9 Å². The molecule has 1 aromatic carbocycles. The second-order valence-corrected chi connectivity index (χ2v) is 8.56. The van der Waals surface area contributed by atoms with Gasteiger partial charge >= 0.3 is 6.03 Å². The topological polar surface area (TPSA) is 87.7 Å². The van der Waals surface area contributed by atoms with E-state index in [0.717, 1.165) is 37.8 Å². The smallest absolute Gasteiger partial charge is 0.314 e. The van der Waals surface area contributed by atoms with E-state index < -0.39 is 15.8 Å². The van der Waals surface area contributed by atoms with Crippen molar-refractivity contribution in [2.75, 3.05) is 39.9 Å². The van der Waals surface area contributed by atoms with Gasteiger partial charge in [-0.05, 0) is 55.9 Å². The van der Waals surface area contributed by atoms with Gasteiger partial charge in [-0.25, -0.2) is 17.6 Å². The Bertz CT molecular complexity index is 689. The Morgan fingerprint density at radius 1 is 1.19 bits per heavy atom. The summed E-state index contributed by atoms with van der Waals surface area (Å²) in [4.78, 5) is 11.8. The molecular weight excluding hydrogens is 373 g/mol. The largest absolute Gasteiger partial charge is 0.385 e. The summed E-state index contributed by atoms with van der Waals surface area (Å²) >= 11 is 0. The molecule has 152 valence electrons. The van der Waals surface area contributed by atoms with Crippen LogP contribution >= 0.6 is 0 Å². The van der Waals surface area contributed by atoms with Crippen molar-refractivity contribution in [2.24, 2.45) is 5.92 Å². The van der Waals surface area contributed by atoms with Crippen LogP contribution in [0.2, 0.25) is 0 Å². The molecule has 1 aliphatic rings. The van der Waals surface area contributed by atoms with Crippen molar-refractivity contribution in [3.63, 3.8) is 0 Å². The van der Waals surface area contributed by atoms with Gasteiger partial charge in [-0.2, -0.15) is 4.31 Å². The van der Waals surface area contributed by atoms with E-state index in [1.165, 1.54) is 16.4 Å². The number of carbonyl (C=O) groups is 1. The molecule has 0 aromatic heterocycles. The van der Waals surface area contributed by atoms with E-state index in [4.69, 9.17) is 4.74 Å². The van der Waals surface area contributed by atoms with Crippen LogP contribution < -0.4 is 10.6 Å². The predicted molar refractivity (Wildman–Crippen MR) is 100 cm³/mol. The average Bonchev–Trinajstić information content (AvgIpc) is 2.66. The Morgan fingerprint density at radius 2 is 1.81 bits per heavy atom. The number of piperidine rings is 1. The lowest BCUT2D eigenvalue weighted by Gasteiger charge is -2.31. The van der Waals surface area contributed by atoms with E-state index in [9.17, 15) is 17.6 Å². The summed E-state index contributed by atoms with van der Waals surface area (Å²) in [6, 6.07) is 4.72. The SMILES string of the molecule is COCCCNC(=O)NCCC1CCN(S(=O)(=O)c2ccc(F)cc2)CC1. The fraction of sp³-hybridized carbons (Fsp3) is 0.611. The quantitative estimate of drug-likeness (QED) is 0.619. The molecule has 0 unspecified atom stereocenters. The molecule has 0 aliphatic carbocycles. The summed E-state index contributed by atoms with van der Waals surface area (Å²) in [6.07, 6.45) is 3.08. The summed E-state index contributed by atoms with van der Waals surface area (Å²) < 4.78 is 44.5. The Balaban J connectivity index is 1.69. The van der Waals surface area contributed by atoms with Gasteiger partial charge in [0.1, 0.15) is 5.82 Å². The van der Waals surface area contributed by atoms with Gasteiger partial charge in [-0.3, -0.25) is 0 Å². The van der Waals surface area contributed by atoms with Crippen LogP contribution in [-0.4, -0.2) is 58.6 Å². The molecule has 0 spiro atoms. The number of ether oxygens (including phenoxy) is 1. The zero-order valence-electron chi connectivity index (χ0n) is 15.6. The summed E-state index contributed by atoms with van der Waals surface area (Å²) in [5.41, 5.74) is 0. The van der Waals surface area contributed by atoms with Gasteiger partial charge in [-0.15, -0.1) is 0 Å². The van der Waals surface area contributed by atoms with Crippen molar-refractivity contribution in [1.29, 1.82) is 0 Å². The first-order valence-electron chi connectivity index (χ1n) is 9.20. The molecule has 27 heavy (non-hydrogen) atoms. The maximum absolute atomic E-state index is 13.0. The van der Waals surface area contributed by atoms with E-state index in [1.54, 1.807) is 7.11 Å². The molecule has 1 aromatic rings. The Hall–Kier alpha value is -1.71. The maximum atomic E-state index is 13.0. The maximum Gasteiger partial charge on any atom is 0.314 e. The summed E-state index contributed by atoms with van der Waals surface area (Å²) in [5.74, 6) is -0.0821. The lowest BCUT2D eigenvalue weighted by atomic mass is 9.95. The summed E-state index contributed by atoms with van der Waals surface area (Å²) in [6.45, 7) is 2.62. The van der Waals surface area contributed by atoms with Crippen molar-refractivity contribution in [3.8, 4) is 0 Å². The van der Waals surface area contributed by atoms with Crippen molar-refractivity contribution in [3.05, 3.63) is 30.1 Å². The molecule has 1 saturated heterocycles. The van der Waals surface area contributed by atoms with E-state index in [2.05, 4.69) is 10.6 Å². The first-order chi connectivity index (χ1) is 12.9. The van der Waals surface area contributed by atoms with Crippen LogP contribution in [0.4, 0.5) is 9.18 Å². The number of methoxy groups -OCH3 is 1. The highest BCUT2D eigenvalue weighted by Gasteiger charge is 2.29. The molecule has 2 rings (SSSR count). The second kappa shape index (κ2) is 10.6. The van der Waals surface area contributed by atoms with Crippen LogP contribution in [0.1, 0.15) is 25.7 Å². The molecular formula is C18H28FN3O4S. The van der Waals surface area contributed by atoms with Crippen LogP contribution in [0.25, 0.3) is 0 Å². The van der Waals surface area contributed by atoms with E-state index >= 15 is 0 Å². The monoisotopic (exact) mass is 401 g/mol. The molecule has 1 fully saturated rings. The standard InChI is InChI=1S/C18H28FN3O4S/c1-26-14-2-10-20-18(23)21-11-7-15-8-12-22(13-9-15)27(24,25)17-5-3-16(19)4-6-17/h3-6,15H,2,7-14H2,1H3,(H2,20,21,23). The number of carbonyl (C=O) groups excluding carboxylic acids is 1. The zero-order chi connectivity index (χ0) is 19.7. The molecule has 0 bridgehead atoms. The Morgan fingerprint density at radius 3 is 2.44 bits per heavy atom. The number of urea groups is 1. The fourth-order valence-electron chi connectivity index (χ4n) is 3.06. The molecule has 1 heterocycles. The van der Waals surface area contributed by atoms with Gasteiger partial charge in [0.2, 0.25) is 10.0 Å². The van der Waals surface area contributed by atoms with Crippen LogP contribution in [0.3, 0.4) is 0 Å². The van der Waals surface area contributed by atoms with Crippen LogP contribution in [0.15, 0.2) is 29.2 Å². The third kappa shape index (κ3) is 6.75. The minimum absolute atomic E-state index is 0.120. The normalized spacial score (nSPS) is 16.2. The molecule has 2 N–H and O–H groups in total. The molecule has 2 amide bonds. The number of amides is 2. The van der Waals surface area contributed by atoms with Crippen molar-refractivity contribution in [2.45, 2.75) is 30.6 Å². The van der Waals surface area contributed by atoms with Gasteiger partial charge in [-0.1, -0.05) is 0 Å². The highest BCUT2D eigenvalue weighted by molar-refractivity contribution is 7.89. The van der Waals surface area contributed by atoms with E-state index in [0.29, 0.717) is 38.7 Å². The number of benzene rings is 1. The van der Waals surface area contributed by atoms with E-state index in [-0.39, 0.29) is 10.9 Å². The number of nitrogens with one attached hydrogen (secondary N) is 2. The van der Waals surface area contributed by atoms with Crippen molar-refractivity contribution >= 4 is 16.1 Å². The Kier molecular flexibility index (Phi) is 8.46. The molecule has 7 nitrogen and oxygen atoms in total. The molecule has 1 aliphatic heterocycles. The van der Waals surface area contributed by atoms with Crippen molar-refractivity contribution < 1.29 is 22.3 Å². The highest BCUT2D eigenvalue weighted by atomic mass is 32.2. The molecule has 0 saturated carbocycles. The number of rotatable bonds is 9. The number of hydrogen-bond donors (Lipinski definition) is 2. The number of halogens is 1. The van der Waals surface area contributed by atoms with Gasteiger partial charge in [0.05, 0.1) is 4.90 Å². The van der Waals surface area contributed by atoms with Crippen LogP contribution in [0.5, 0.6) is 0 Å². The van der Waals surface area contributed by atoms with E-state index in [1.807, 2.05) is 0 Å². The highest BCUT2D eigenvalue weighted by Crippen LogP contribution is 2.25. The Labute approximate surface area is 160 Å². The molecule has 9 heteroatoms. The van der Waals surface area contributed by atoms with Crippen molar-refractivity contribution in [1.82, 2.24) is 14.9 Å². The lowest BCUT2D eigenvalue weighted by molar-refractivity contribution is 0.193. The fourth-order valence-corrected chi connectivity index (χ4v) is 4.53. The molecule has 0 radical (unpaired) electrons. The lowest BCUT2D eigenvalue weighted by Crippen LogP contribution is -2.40. The summed E-state index contributed by atoms with van der Waals surface area (Å²) in [7, 11) is -1.95. The minimum Gasteiger partial charge on any atom is -0.385 e. The number of hydrogen-bond acceptors (Lipinski definition) is 4. The van der Waals surface area contributed by atoms with Crippen LogP contribution in [0, 0.1) is 11.7 Å². The average molecular weight is 402 g/mol. The third-order valence-electron chi connectivity index (χ3n) is 4.67. The number of sulfonamides is 1. The van der Waals surface area contributed by atoms with Crippen LogP contribution in [-0.2, 0) is 14.8 Å². The van der Waals surface area contributed by atoms with Gasteiger partial charge in [0.25, 0.3) is 0 Å². The minimum atomic E-state index is -3.57. The predicted octanol–water partition coefficient (Wildman–Crippen LogP) is 1.95. The zero-order valence-corrected chi connectivity index (χ0v) is 16.4. The summed E-state index contributed by atoms with van der Waals surface area (Å²) in [5, 5.41) is 5.58. The first kappa shape index (κ1) is 21.6. The first-order valence-corrected chi connectivity index (χ1v) is 10.6. The van der Waals surface area contributed by atoms with Gasteiger partial charge < -0.3 is 15.4 Å². The molecule has 0 atom stereocenters. The third-order valence-corrected chi connectivity index (χ3v) is 6.59. The number of nitrogens with zero attached hydrogens (tertiary/aromatic N) is 1. The second-order valence-electron chi connectivity index (χ2n) is 6.62. The van der Waals surface area contributed by atoms with Gasteiger partial charge in [0.15, 0.2) is 0 Å².